The van der Waals surface area contributed by atoms with Crippen LogP contribution in [0.1, 0.15) is 13.3 Å². The molecule has 1 aromatic rings. The summed E-state index contributed by atoms with van der Waals surface area (Å²) in [5.41, 5.74) is -0.182. The summed E-state index contributed by atoms with van der Waals surface area (Å²) in [6.45, 7) is 2.49. The Morgan fingerprint density at radius 1 is 1.67 bits per heavy atom. The SMILES string of the molecule is CCCn1cc(F)cc(Br)c1=O. The van der Waals surface area contributed by atoms with Crippen molar-refractivity contribution in [2.24, 2.45) is 0 Å². The first-order chi connectivity index (χ1) is 5.65. The zero-order chi connectivity index (χ0) is 9.14. The van der Waals surface area contributed by atoms with Crippen LogP contribution in [0.15, 0.2) is 21.5 Å². The Morgan fingerprint density at radius 3 is 2.92 bits per heavy atom. The van der Waals surface area contributed by atoms with Crippen LogP contribution in [0.3, 0.4) is 0 Å². The fraction of sp³-hybridized carbons (Fsp3) is 0.375. The smallest absolute Gasteiger partial charge is 0.265 e. The van der Waals surface area contributed by atoms with Crippen molar-refractivity contribution >= 4 is 15.9 Å². The third kappa shape index (κ3) is 1.94. The van der Waals surface area contributed by atoms with Gasteiger partial charge in [0.2, 0.25) is 0 Å². The predicted octanol–water partition coefficient (Wildman–Crippen LogP) is 2.16. The lowest BCUT2D eigenvalue weighted by molar-refractivity contribution is 0.573. The van der Waals surface area contributed by atoms with Gasteiger partial charge in [0.15, 0.2) is 0 Å². The summed E-state index contributed by atoms with van der Waals surface area (Å²) in [5, 5.41) is 0. The lowest BCUT2D eigenvalue weighted by Crippen LogP contribution is -2.20. The fourth-order valence-electron chi connectivity index (χ4n) is 0.972. The second-order valence-corrected chi connectivity index (χ2v) is 3.36. The summed E-state index contributed by atoms with van der Waals surface area (Å²) < 4.78 is 14.4. The van der Waals surface area contributed by atoms with E-state index in [0.29, 0.717) is 6.54 Å². The summed E-state index contributed by atoms with van der Waals surface area (Å²) in [5.74, 6) is -0.394. The molecule has 0 radical (unpaired) electrons. The Balaban J connectivity index is 3.19. The van der Waals surface area contributed by atoms with Gasteiger partial charge in [0.1, 0.15) is 5.82 Å². The zero-order valence-electron chi connectivity index (χ0n) is 6.68. The van der Waals surface area contributed by atoms with Crippen molar-refractivity contribution < 1.29 is 4.39 Å². The van der Waals surface area contributed by atoms with E-state index in [0.717, 1.165) is 6.42 Å². The fourth-order valence-corrected chi connectivity index (χ4v) is 1.42. The van der Waals surface area contributed by atoms with Crippen LogP contribution in [0.25, 0.3) is 0 Å². The van der Waals surface area contributed by atoms with Gasteiger partial charge >= 0.3 is 0 Å². The van der Waals surface area contributed by atoms with Gasteiger partial charge in [-0.2, -0.15) is 0 Å². The topological polar surface area (TPSA) is 22.0 Å². The normalized spacial score (nSPS) is 10.2. The molecule has 1 heterocycles. The maximum absolute atomic E-state index is 12.7. The van der Waals surface area contributed by atoms with E-state index < -0.39 is 5.82 Å². The number of halogens is 2. The molecule has 0 aliphatic rings. The number of aryl methyl sites for hydroxylation is 1. The largest absolute Gasteiger partial charge is 0.312 e. The van der Waals surface area contributed by atoms with Gasteiger partial charge in [-0.3, -0.25) is 4.79 Å². The van der Waals surface area contributed by atoms with E-state index in [1.54, 1.807) is 0 Å². The summed E-state index contributed by atoms with van der Waals surface area (Å²) in [7, 11) is 0. The molecule has 0 saturated heterocycles. The van der Waals surface area contributed by atoms with E-state index in [4.69, 9.17) is 0 Å². The highest BCUT2D eigenvalue weighted by atomic mass is 79.9. The quantitative estimate of drug-likeness (QED) is 0.768. The molecule has 0 fully saturated rings. The standard InChI is InChI=1S/C8H9BrFNO/c1-2-3-11-5-6(10)4-7(9)8(11)12/h4-5H,2-3H2,1H3. The monoisotopic (exact) mass is 233 g/mol. The molecule has 0 aliphatic heterocycles. The third-order valence-corrected chi connectivity index (χ3v) is 2.04. The van der Waals surface area contributed by atoms with Gasteiger partial charge in [0.05, 0.1) is 4.47 Å². The van der Waals surface area contributed by atoms with Gasteiger partial charge in [-0.1, -0.05) is 6.92 Å². The molecule has 4 heteroatoms. The molecule has 1 rings (SSSR count). The third-order valence-electron chi connectivity index (χ3n) is 1.47. The van der Waals surface area contributed by atoms with Crippen molar-refractivity contribution in [1.29, 1.82) is 0 Å². The average Bonchev–Trinajstić information content (AvgIpc) is 2.00. The van der Waals surface area contributed by atoms with E-state index in [2.05, 4.69) is 15.9 Å². The minimum absolute atomic E-state index is 0.182. The molecule has 0 unspecified atom stereocenters. The van der Waals surface area contributed by atoms with Crippen LogP contribution in [-0.4, -0.2) is 4.57 Å². The van der Waals surface area contributed by atoms with Crippen molar-refractivity contribution in [3.05, 3.63) is 32.9 Å². The molecule has 2 nitrogen and oxygen atoms in total. The van der Waals surface area contributed by atoms with E-state index >= 15 is 0 Å². The van der Waals surface area contributed by atoms with Gasteiger partial charge in [0.25, 0.3) is 5.56 Å². The number of nitrogens with zero attached hydrogens (tertiary/aromatic N) is 1. The van der Waals surface area contributed by atoms with Gasteiger partial charge in [-0.25, -0.2) is 4.39 Å². The summed E-state index contributed by atoms with van der Waals surface area (Å²) in [4.78, 5) is 11.3. The molecule has 12 heavy (non-hydrogen) atoms. The molecule has 0 atom stereocenters. The van der Waals surface area contributed by atoms with Crippen LogP contribution in [0.2, 0.25) is 0 Å². The molecule has 66 valence electrons. The first-order valence-electron chi connectivity index (χ1n) is 3.70. The van der Waals surface area contributed by atoms with Crippen LogP contribution < -0.4 is 5.56 Å². The molecule has 0 aromatic carbocycles. The van der Waals surface area contributed by atoms with Crippen LogP contribution in [0.4, 0.5) is 4.39 Å². The van der Waals surface area contributed by atoms with Crippen molar-refractivity contribution in [2.45, 2.75) is 19.9 Å². The van der Waals surface area contributed by atoms with E-state index in [9.17, 15) is 9.18 Å². The van der Waals surface area contributed by atoms with Crippen LogP contribution >= 0.6 is 15.9 Å². The molecule has 1 aromatic heterocycles. The summed E-state index contributed by atoms with van der Waals surface area (Å²) in [6, 6.07) is 1.18. The van der Waals surface area contributed by atoms with Crippen LogP contribution in [0.5, 0.6) is 0 Å². The summed E-state index contributed by atoms with van der Waals surface area (Å²) in [6.07, 6.45) is 2.03. The Morgan fingerprint density at radius 2 is 2.33 bits per heavy atom. The molecule has 0 bridgehead atoms. The van der Waals surface area contributed by atoms with Gasteiger partial charge in [-0.05, 0) is 28.4 Å². The second-order valence-electron chi connectivity index (χ2n) is 2.50. The van der Waals surface area contributed by atoms with Crippen molar-refractivity contribution in [1.82, 2.24) is 4.57 Å². The maximum atomic E-state index is 12.7. The van der Waals surface area contributed by atoms with E-state index in [1.807, 2.05) is 6.92 Å². The molecule has 0 N–H and O–H groups in total. The van der Waals surface area contributed by atoms with E-state index in [-0.39, 0.29) is 10.0 Å². The predicted molar refractivity (Wildman–Crippen MR) is 48.7 cm³/mol. The van der Waals surface area contributed by atoms with Crippen LogP contribution in [0, 0.1) is 5.82 Å². The second kappa shape index (κ2) is 3.85. The zero-order valence-corrected chi connectivity index (χ0v) is 8.27. The minimum atomic E-state index is -0.394. The summed E-state index contributed by atoms with van der Waals surface area (Å²) >= 11 is 2.99. The molecule has 0 spiro atoms. The van der Waals surface area contributed by atoms with Crippen molar-refractivity contribution in [3.8, 4) is 0 Å². The Bertz CT molecular complexity index is 334. The van der Waals surface area contributed by atoms with Crippen molar-refractivity contribution in [2.75, 3.05) is 0 Å². The minimum Gasteiger partial charge on any atom is -0.312 e. The molecular weight excluding hydrogens is 225 g/mol. The number of aromatic nitrogens is 1. The lowest BCUT2D eigenvalue weighted by atomic mass is 10.4. The highest BCUT2D eigenvalue weighted by Gasteiger charge is 2.02. The first-order valence-corrected chi connectivity index (χ1v) is 4.50. The highest BCUT2D eigenvalue weighted by molar-refractivity contribution is 9.10. The number of hydrogen-bond donors (Lipinski definition) is 0. The molecule has 0 amide bonds. The number of rotatable bonds is 2. The molecule has 0 aliphatic carbocycles. The number of hydrogen-bond acceptors (Lipinski definition) is 1. The van der Waals surface area contributed by atoms with Crippen LogP contribution in [-0.2, 0) is 6.54 Å². The average molecular weight is 234 g/mol. The van der Waals surface area contributed by atoms with Gasteiger partial charge in [-0.15, -0.1) is 0 Å². The maximum Gasteiger partial charge on any atom is 0.265 e. The Labute approximate surface area is 78.2 Å². The Hall–Kier alpha value is -0.640. The number of pyridine rings is 1. The highest BCUT2D eigenvalue weighted by Crippen LogP contribution is 2.05. The lowest BCUT2D eigenvalue weighted by Gasteiger charge is -2.03. The van der Waals surface area contributed by atoms with Gasteiger partial charge in [0, 0.05) is 12.7 Å². The first kappa shape index (κ1) is 9.45. The van der Waals surface area contributed by atoms with E-state index in [1.165, 1.54) is 16.8 Å². The molecular formula is C8H9BrFNO. The van der Waals surface area contributed by atoms with Gasteiger partial charge < -0.3 is 4.57 Å². The Kier molecular flexibility index (Phi) is 3.03. The van der Waals surface area contributed by atoms with Crippen molar-refractivity contribution in [3.63, 3.8) is 0 Å². The molecule has 0 saturated carbocycles.